The van der Waals surface area contributed by atoms with Crippen molar-refractivity contribution in [3.8, 4) is 17.2 Å². The molecular weight excluding hydrogens is 408 g/mol. The maximum atomic E-state index is 12.8. The smallest absolute Gasteiger partial charge is 0.408 e. The second kappa shape index (κ2) is 7.93. The lowest BCUT2D eigenvalue weighted by atomic mass is 9.83. The number of fused-ring (bicyclic) bond motifs is 1. The largest absolute Gasteiger partial charge is 0.419 e. The van der Waals surface area contributed by atoms with Gasteiger partial charge < -0.3 is 19.8 Å². The topological polar surface area (TPSA) is 109 Å². The Morgan fingerprint density at radius 2 is 2.06 bits per heavy atom. The summed E-state index contributed by atoms with van der Waals surface area (Å²) in [5.41, 5.74) is 3.80. The van der Waals surface area contributed by atoms with Gasteiger partial charge in [-0.3, -0.25) is 9.36 Å². The molecule has 0 saturated carbocycles. The molecule has 3 heterocycles. The van der Waals surface area contributed by atoms with E-state index < -0.39 is 11.6 Å². The van der Waals surface area contributed by atoms with E-state index in [1.807, 2.05) is 36.4 Å². The van der Waals surface area contributed by atoms with Gasteiger partial charge in [0.2, 0.25) is 5.91 Å². The molecule has 1 amide bonds. The van der Waals surface area contributed by atoms with Gasteiger partial charge in [-0.2, -0.15) is 5.26 Å². The van der Waals surface area contributed by atoms with Crippen LogP contribution in [-0.2, 0) is 23.0 Å². The van der Waals surface area contributed by atoms with E-state index >= 15 is 0 Å². The van der Waals surface area contributed by atoms with Crippen LogP contribution in [0.25, 0.3) is 22.2 Å². The van der Waals surface area contributed by atoms with Gasteiger partial charge in [-0.1, -0.05) is 30.3 Å². The van der Waals surface area contributed by atoms with Crippen molar-refractivity contribution < 1.29 is 13.9 Å². The molecule has 2 aliphatic heterocycles. The highest BCUT2D eigenvalue weighted by Crippen LogP contribution is 2.37. The SMILES string of the molecule is Cn1c(=O)oc2ccc(-c3ccc(C[C@@H](C#N)NC(=O)[C@@H]4CNC[C@]45CCO5)cc3)cc21. The Labute approximate surface area is 184 Å². The quantitative estimate of drug-likeness (QED) is 0.636. The first-order valence-corrected chi connectivity index (χ1v) is 10.7. The maximum absolute atomic E-state index is 12.8. The summed E-state index contributed by atoms with van der Waals surface area (Å²) < 4.78 is 12.4. The number of aromatic nitrogens is 1. The predicted octanol–water partition coefficient (Wildman–Crippen LogP) is 1.73. The van der Waals surface area contributed by atoms with Crippen LogP contribution in [0, 0.1) is 17.2 Å². The molecule has 0 radical (unpaired) electrons. The number of hydrogen-bond acceptors (Lipinski definition) is 6. The Hall–Kier alpha value is -3.41. The number of aryl methyl sites for hydroxylation is 1. The van der Waals surface area contributed by atoms with Crippen LogP contribution in [0.4, 0.5) is 0 Å². The minimum atomic E-state index is -0.608. The zero-order valence-corrected chi connectivity index (χ0v) is 17.8. The Kier molecular flexibility index (Phi) is 5.08. The van der Waals surface area contributed by atoms with Crippen molar-refractivity contribution >= 4 is 17.0 Å². The van der Waals surface area contributed by atoms with Crippen molar-refractivity contribution in [2.24, 2.45) is 13.0 Å². The van der Waals surface area contributed by atoms with Gasteiger partial charge in [0.1, 0.15) is 6.04 Å². The normalized spacial score (nSPS) is 23.1. The zero-order chi connectivity index (χ0) is 22.3. The first-order valence-electron chi connectivity index (χ1n) is 10.7. The molecule has 2 saturated heterocycles. The van der Waals surface area contributed by atoms with E-state index in [9.17, 15) is 14.9 Å². The van der Waals surface area contributed by atoms with Crippen LogP contribution in [0.5, 0.6) is 0 Å². The van der Waals surface area contributed by atoms with Crippen molar-refractivity contribution in [1.82, 2.24) is 15.2 Å². The van der Waals surface area contributed by atoms with Crippen molar-refractivity contribution in [1.29, 1.82) is 5.26 Å². The number of rotatable bonds is 5. The molecule has 2 N–H and O–H groups in total. The number of hydrogen-bond donors (Lipinski definition) is 2. The van der Waals surface area contributed by atoms with Gasteiger partial charge in [-0.05, 0) is 28.8 Å². The van der Waals surface area contributed by atoms with Gasteiger partial charge in [0.25, 0.3) is 0 Å². The van der Waals surface area contributed by atoms with Gasteiger partial charge in [0, 0.05) is 33.0 Å². The van der Waals surface area contributed by atoms with Crippen LogP contribution in [0.15, 0.2) is 51.7 Å². The highest BCUT2D eigenvalue weighted by molar-refractivity contribution is 5.82. The molecule has 2 aromatic carbocycles. The molecule has 0 aliphatic carbocycles. The average molecular weight is 432 g/mol. The highest BCUT2D eigenvalue weighted by Gasteiger charge is 2.52. The van der Waals surface area contributed by atoms with Crippen molar-refractivity contribution in [3.63, 3.8) is 0 Å². The number of benzene rings is 2. The number of nitrogens with one attached hydrogen (secondary N) is 2. The maximum Gasteiger partial charge on any atom is 0.419 e. The average Bonchev–Trinajstić information content (AvgIpc) is 3.35. The van der Waals surface area contributed by atoms with Gasteiger partial charge >= 0.3 is 5.76 Å². The summed E-state index contributed by atoms with van der Waals surface area (Å²) in [4.78, 5) is 24.5. The van der Waals surface area contributed by atoms with E-state index in [0.717, 1.165) is 28.6 Å². The summed E-state index contributed by atoms with van der Waals surface area (Å²) >= 11 is 0. The second-order valence-corrected chi connectivity index (χ2v) is 8.55. The number of amides is 1. The van der Waals surface area contributed by atoms with E-state index in [1.165, 1.54) is 4.57 Å². The van der Waals surface area contributed by atoms with Crippen LogP contribution in [0.2, 0.25) is 0 Å². The van der Waals surface area contributed by atoms with Crippen molar-refractivity contribution in [2.75, 3.05) is 19.7 Å². The molecule has 1 aromatic heterocycles. The molecule has 2 fully saturated rings. The number of oxazole rings is 1. The molecule has 5 rings (SSSR count). The minimum absolute atomic E-state index is 0.128. The van der Waals surface area contributed by atoms with Gasteiger partial charge in [0.15, 0.2) is 5.58 Å². The number of carbonyl (C=O) groups excluding carboxylic acids is 1. The molecule has 2 aliphatic rings. The third-order valence-electron chi connectivity index (χ3n) is 6.63. The Bertz CT molecular complexity index is 1260. The molecular formula is C24H24N4O4. The lowest BCUT2D eigenvalue weighted by Gasteiger charge is -2.42. The third-order valence-corrected chi connectivity index (χ3v) is 6.63. The van der Waals surface area contributed by atoms with E-state index in [-0.39, 0.29) is 17.6 Å². The monoisotopic (exact) mass is 432 g/mol. The van der Waals surface area contributed by atoms with Crippen LogP contribution in [0.3, 0.4) is 0 Å². The number of ether oxygens (including phenoxy) is 1. The van der Waals surface area contributed by atoms with Crippen LogP contribution >= 0.6 is 0 Å². The zero-order valence-electron chi connectivity index (χ0n) is 17.8. The van der Waals surface area contributed by atoms with E-state index in [4.69, 9.17) is 9.15 Å². The minimum Gasteiger partial charge on any atom is -0.408 e. The summed E-state index contributed by atoms with van der Waals surface area (Å²) in [6.45, 7) is 1.94. The van der Waals surface area contributed by atoms with Gasteiger partial charge in [0.05, 0.1) is 29.7 Å². The number of nitrogens with zero attached hydrogens (tertiary/aromatic N) is 2. The second-order valence-electron chi connectivity index (χ2n) is 8.55. The molecule has 3 atom stereocenters. The summed E-state index contributed by atoms with van der Waals surface area (Å²) in [5, 5.41) is 15.7. The molecule has 32 heavy (non-hydrogen) atoms. The van der Waals surface area contributed by atoms with Gasteiger partial charge in [-0.15, -0.1) is 0 Å². The summed E-state index contributed by atoms with van der Waals surface area (Å²) in [5.74, 6) is -0.777. The summed E-state index contributed by atoms with van der Waals surface area (Å²) in [6.07, 6.45) is 1.29. The lowest BCUT2D eigenvalue weighted by Crippen LogP contribution is -2.56. The Morgan fingerprint density at radius 3 is 2.75 bits per heavy atom. The molecule has 8 nitrogen and oxygen atoms in total. The van der Waals surface area contributed by atoms with E-state index in [2.05, 4.69) is 16.7 Å². The van der Waals surface area contributed by atoms with E-state index in [1.54, 1.807) is 13.1 Å². The fraction of sp³-hybridized carbons (Fsp3) is 0.375. The fourth-order valence-electron chi connectivity index (χ4n) is 4.62. The van der Waals surface area contributed by atoms with E-state index in [0.29, 0.717) is 31.7 Å². The van der Waals surface area contributed by atoms with Crippen molar-refractivity contribution in [3.05, 3.63) is 58.6 Å². The Morgan fingerprint density at radius 1 is 1.31 bits per heavy atom. The van der Waals surface area contributed by atoms with Gasteiger partial charge in [-0.25, -0.2) is 4.79 Å². The van der Waals surface area contributed by atoms with Crippen LogP contribution in [0.1, 0.15) is 12.0 Å². The predicted molar refractivity (Wildman–Crippen MR) is 118 cm³/mol. The molecule has 0 unspecified atom stereocenters. The molecule has 164 valence electrons. The summed E-state index contributed by atoms with van der Waals surface area (Å²) in [6, 6.07) is 15.1. The van der Waals surface area contributed by atoms with Crippen LogP contribution < -0.4 is 16.4 Å². The molecule has 1 spiro atoms. The standard InChI is InChI=1S/C24H24N4O4/c1-28-20-11-17(6-7-21(20)32-23(28)30)16-4-2-15(3-5-16)10-18(12-25)27-22(29)19-13-26-14-24(19)8-9-31-24/h2-7,11,18-19,26H,8-10,13-14H2,1H3,(H,27,29)/t18-,19-,24+/m0/s1. The van der Waals surface area contributed by atoms with Crippen molar-refractivity contribution in [2.45, 2.75) is 24.5 Å². The number of nitriles is 1. The Balaban J connectivity index is 1.27. The first kappa shape index (κ1) is 20.5. The first-order chi connectivity index (χ1) is 15.5. The highest BCUT2D eigenvalue weighted by atomic mass is 16.5. The summed E-state index contributed by atoms with van der Waals surface area (Å²) in [7, 11) is 1.68. The lowest BCUT2D eigenvalue weighted by molar-refractivity contribution is -0.169. The third kappa shape index (κ3) is 3.49. The molecule has 3 aromatic rings. The molecule has 0 bridgehead atoms. The van der Waals surface area contributed by atoms with Crippen LogP contribution in [-0.4, -0.2) is 41.8 Å². The number of carbonyl (C=O) groups is 1. The fourth-order valence-corrected chi connectivity index (χ4v) is 4.62. The molecule has 8 heteroatoms.